The van der Waals surface area contributed by atoms with E-state index >= 15 is 0 Å². The number of hydrogen-bond acceptors (Lipinski definition) is 3. The molecular weight excluding hydrogens is 304 g/mol. The van der Waals surface area contributed by atoms with Gasteiger partial charge in [0.2, 0.25) is 0 Å². The lowest BCUT2D eigenvalue weighted by molar-refractivity contribution is 0.362. The molecule has 2 aromatic heterocycles. The second-order valence-electron chi connectivity index (χ2n) is 5.20. The summed E-state index contributed by atoms with van der Waals surface area (Å²) < 4.78 is 35.8. The lowest BCUT2D eigenvalue weighted by Gasteiger charge is -2.07. The van der Waals surface area contributed by atoms with Crippen LogP contribution in [0, 0.1) is 11.6 Å². The number of halogens is 2. The maximum absolute atomic E-state index is 14.5. The zero-order chi connectivity index (χ0) is 16.3. The van der Waals surface area contributed by atoms with Gasteiger partial charge in [-0.3, -0.25) is 4.57 Å². The van der Waals surface area contributed by atoms with Crippen LogP contribution in [0.25, 0.3) is 27.6 Å². The van der Waals surface area contributed by atoms with Gasteiger partial charge in [0.15, 0.2) is 23.0 Å². The van der Waals surface area contributed by atoms with Crippen LogP contribution in [0.5, 0.6) is 5.75 Å². The molecule has 2 heterocycles. The third kappa shape index (κ3) is 1.64. The van der Waals surface area contributed by atoms with E-state index in [9.17, 15) is 13.6 Å². The summed E-state index contributed by atoms with van der Waals surface area (Å²) in [6.45, 7) is 0. The Kier molecular flexibility index (Phi) is 2.69. The van der Waals surface area contributed by atoms with Crippen molar-refractivity contribution in [3.63, 3.8) is 0 Å². The standard InChI is InChI=1S/C16H11F2N3O2/c1-20-10-6-4-3-5-8(10)15-19-13-11(21(15)16(20)22)7-9(17)14(23-2)12(13)18/h3-7H,1-2H3. The largest absolute Gasteiger partial charge is 0.491 e. The number of fused-ring (bicyclic) bond motifs is 5. The minimum Gasteiger partial charge on any atom is -0.491 e. The van der Waals surface area contributed by atoms with Crippen molar-refractivity contribution in [2.45, 2.75) is 0 Å². The van der Waals surface area contributed by atoms with Crippen LogP contribution >= 0.6 is 0 Å². The van der Waals surface area contributed by atoms with Gasteiger partial charge in [0.05, 0.1) is 18.1 Å². The van der Waals surface area contributed by atoms with Crippen molar-refractivity contribution in [1.82, 2.24) is 14.0 Å². The van der Waals surface area contributed by atoms with E-state index in [1.54, 1.807) is 31.3 Å². The monoisotopic (exact) mass is 315 g/mol. The molecule has 0 fully saturated rings. The molecule has 0 spiro atoms. The highest BCUT2D eigenvalue weighted by atomic mass is 19.1. The molecule has 0 atom stereocenters. The number of para-hydroxylation sites is 1. The molecule has 116 valence electrons. The van der Waals surface area contributed by atoms with Gasteiger partial charge in [0.25, 0.3) is 0 Å². The number of aryl methyl sites for hydroxylation is 1. The fourth-order valence-corrected chi connectivity index (χ4v) is 2.90. The molecule has 0 N–H and O–H groups in total. The van der Waals surface area contributed by atoms with Crippen LogP contribution in [0.2, 0.25) is 0 Å². The molecule has 0 unspecified atom stereocenters. The first kappa shape index (κ1) is 13.7. The van der Waals surface area contributed by atoms with Crippen molar-refractivity contribution in [3.05, 3.63) is 52.5 Å². The van der Waals surface area contributed by atoms with Crippen LogP contribution in [-0.4, -0.2) is 21.1 Å². The van der Waals surface area contributed by atoms with Crippen LogP contribution in [0.15, 0.2) is 35.1 Å². The Morgan fingerprint density at radius 2 is 1.91 bits per heavy atom. The molecule has 4 rings (SSSR count). The zero-order valence-electron chi connectivity index (χ0n) is 12.3. The molecule has 23 heavy (non-hydrogen) atoms. The predicted molar refractivity (Wildman–Crippen MR) is 81.9 cm³/mol. The average molecular weight is 315 g/mol. The smallest absolute Gasteiger partial charge is 0.334 e. The third-order valence-electron chi connectivity index (χ3n) is 3.99. The zero-order valence-corrected chi connectivity index (χ0v) is 12.3. The van der Waals surface area contributed by atoms with Gasteiger partial charge in [-0.2, -0.15) is 0 Å². The molecule has 0 saturated heterocycles. The van der Waals surface area contributed by atoms with Crippen molar-refractivity contribution in [2.75, 3.05) is 7.11 Å². The highest BCUT2D eigenvalue weighted by Crippen LogP contribution is 2.30. The number of rotatable bonds is 1. The Balaban J connectivity index is 2.36. The van der Waals surface area contributed by atoms with Gasteiger partial charge in [-0.05, 0) is 12.1 Å². The maximum atomic E-state index is 14.5. The van der Waals surface area contributed by atoms with E-state index < -0.39 is 23.1 Å². The van der Waals surface area contributed by atoms with Gasteiger partial charge >= 0.3 is 5.69 Å². The summed E-state index contributed by atoms with van der Waals surface area (Å²) in [7, 11) is 2.78. The Morgan fingerprint density at radius 3 is 2.65 bits per heavy atom. The van der Waals surface area contributed by atoms with E-state index in [1.807, 2.05) is 0 Å². The molecular formula is C16H11F2N3O2. The Morgan fingerprint density at radius 1 is 1.17 bits per heavy atom. The lowest BCUT2D eigenvalue weighted by Crippen LogP contribution is -2.24. The van der Waals surface area contributed by atoms with Crippen LogP contribution in [0.1, 0.15) is 0 Å². The third-order valence-corrected chi connectivity index (χ3v) is 3.99. The summed E-state index contributed by atoms with van der Waals surface area (Å²) in [4.78, 5) is 16.8. The highest BCUT2D eigenvalue weighted by molar-refractivity contribution is 5.96. The van der Waals surface area contributed by atoms with E-state index in [0.717, 1.165) is 6.07 Å². The molecule has 0 saturated carbocycles. The fraction of sp³-hybridized carbons (Fsp3) is 0.125. The molecule has 5 nitrogen and oxygen atoms in total. The normalized spacial score (nSPS) is 11.7. The molecule has 0 aliphatic rings. The summed E-state index contributed by atoms with van der Waals surface area (Å²) in [5.41, 5.74) is 0.488. The Hall–Kier alpha value is -2.96. The fourth-order valence-electron chi connectivity index (χ4n) is 2.90. The van der Waals surface area contributed by atoms with E-state index in [-0.39, 0.29) is 16.7 Å². The van der Waals surface area contributed by atoms with Gasteiger partial charge in [-0.1, -0.05) is 12.1 Å². The molecule has 0 bridgehead atoms. The molecule has 7 heteroatoms. The Labute approximate surface area is 128 Å². The molecule has 0 radical (unpaired) electrons. The summed E-state index contributed by atoms with van der Waals surface area (Å²) in [5, 5.41) is 0.671. The van der Waals surface area contributed by atoms with Crippen molar-refractivity contribution in [1.29, 1.82) is 0 Å². The van der Waals surface area contributed by atoms with Crippen LogP contribution in [0.3, 0.4) is 0 Å². The second kappa shape index (κ2) is 4.52. The molecule has 2 aromatic carbocycles. The van der Waals surface area contributed by atoms with Crippen molar-refractivity contribution >= 4 is 27.6 Å². The predicted octanol–water partition coefficient (Wildman–Crippen LogP) is 2.63. The summed E-state index contributed by atoms with van der Waals surface area (Å²) in [6, 6.07) is 8.20. The molecule has 0 amide bonds. The first-order valence-electron chi connectivity index (χ1n) is 6.86. The number of benzene rings is 2. The molecule has 0 aliphatic carbocycles. The average Bonchev–Trinajstić information content (AvgIpc) is 2.93. The number of methoxy groups -OCH3 is 1. The number of nitrogens with zero attached hydrogens (tertiary/aromatic N) is 3. The summed E-state index contributed by atoms with van der Waals surface area (Å²) in [5.74, 6) is -2.31. The van der Waals surface area contributed by atoms with Crippen molar-refractivity contribution in [2.24, 2.45) is 7.05 Å². The first-order chi connectivity index (χ1) is 11.0. The summed E-state index contributed by atoms with van der Waals surface area (Å²) >= 11 is 0. The van der Waals surface area contributed by atoms with Gasteiger partial charge in [-0.25, -0.2) is 23.0 Å². The number of imidazole rings is 1. The van der Waals surface area contributed by atoms with Crippen LogP contribution in [-0.2, 0) is 7.05 Å². The van der Waals surface area contributed by atoms with E-state index in [1.165, 1.54) is 16.1 Å². The van der Waals surface area contributed by atoms with Gasteiger partial charge in [0, 0.05) is 18.5 Å². The van der Waals surface area contributed by atoms with E-state index in [4.69, 9.17) is 4.74 Å². The van der Waals surface area contributed by atoms with Gasteiger partial charge in [0.1, 0.15) is 5.52 Å². The summed E-state index contributed by atoms with van der Waals surface area (Å²) in [6.07, 6.45) is 0. The highest BCUT2D eigenvalue weighted by Gasteiger charge is 2.21. The molecule has 4 aromatic rings. The Bertz CT molecular complexity index is 1160. The van der Waals surface area contributed by atoms with Crippen molar-refractivity contribution in [3.8, 4) is 5.75 Å². The van der Waals surface area contributed by atoms with Gasteiger partial charge < -0.3 is 4.74 Å². The minimum absolute atomic E-state index is 0.0714. The quantitative estimate of drug-likeness (QED) is 0.542. The maximum Gasteiger partial charge on any atom is 0.334 e. The van der Waals surface area contributed by atoms with E-state index in [0.29, 0.717) is 10.9 Å². The topological polar surface area (TPSA) is 48.5 Å². The number of ether oxygens (including phenoxy) is 1. The van der Waals surface area contributed by atoms with Crippen LogP contribution < -0.4 is 10.4 Å². The lowest BCUT2D eigenvalue weighted by atomic mass is 10.2. The second-order valence-corrected chi connectivity index (χ2v) is 5.20. The van der Waals surface area contributed by atoms with Crippen LogP contribution in [0.4, 0.5) is 8.78 Å². The van der Waals surface area contributed by atoms with Gasteiger partial charge in [-0.15, -0.1) is 0 Å². The number of aromatic nitrogens is 3. The van der Waals surface area contributed by atoms with E-state index in [2.05, 4.69) is 4.98 Å². The van der Waals surface area contributed by atoms with Crippen molar-refractivity contribution < 1.29 is 13.5 Å². The minimum atomic E-state index is -0.919. The number of hydrogen-bond donors (Lipinski definition) is 0. The molecule has 0 aliphatic heterocycles. The first-order valence-corrected chi connectivity index (χ1v) is 6.86. The SMILES string of the molecule is COc1c(F)cc2c(nc3c4ccccc4n(C)c(=O)n23)c1F.